The number of anilines is 2. The molecule has 1 aliphatic rings. The van der Waals surface area contributed by atoms with Crippen LogP contribution in [-0.2, 0) is 6.54 Å². The Kier molecular flexibility index (Phi) is 4.53. The molecule has 0 spiro atoms. The predicted octanol–water partition coefficient (Wildman–Crippen LogP) is 4.36. The standard InChI is InChI=1S/C22H22N8S/c1-4-9-29(10-5-1)22-27-20(23-12-18-25-16-6-2-3-7-17(16)26-18)19-21(28-22)30(14-24-19)15-8-11-31-13-15/h2-3,6-8,11,13-14H,1,4-5,9-10,12H2,(H,25,26)(H,23,27,28). The maximum absolute atomic E-state index is 4.92. The fourth-order valence-corrected chi connectivity index (χ4v) is 4.72. The van der Waals surface area contributed by atoms with Gasteiger partial charge >= 0.3 is 0 Å². The molecule has 4 aromatic heterocycles. The quantitative estimate of drug-likeness (QED) is 0.431. The first kappa shape index (κ1) is 18.3. The van der Waals surface area contributed by atoms with E-state index < -0.39 is 0 Å². The summed E-state index contributed by atoms with van der Waals surface area (Å²) < 4.78 is 2.04. The molecule has 156 valence electrons. The number of benzene rings is 1. The fraction of sp³-hybridized carbons (Fsp3) is 0.273. The first-order chi connectivity index (χ1) is 15.3. The first-order valence-electron chi connectivity index (χ1n) is 10.6. The second-order valence-electron chi connectivity index (χ2n) is 7.74. The molecule has 9 heteroatoms. The average Bonchev–Trinajstić information content (AvgIpc) is 3.56. The number of aromatic amines is 1. The number of hydrogen-bond acceptors (Lipinski definition) is 7. The van der Waals surface area contributed by atoms with Crippen LogP contribution in [0.1, 0.15) is 25.1 Å². The van der Waals surface area contributed by atoms with E-state index in [-0.39, 0.29) is 0 Å². The lowest BCUT2D eigenvalue weighted by molar-refractivity contribution is 0.569. The molecule has 6 rings (SSSR count). The molecule has 0 saturated carbocycles. The molecule has 0 amide bonds. The maximum Gasteiger partial charge on any atom is 0.229 e. The zero-order valence-corrected chi connectivity index (χ0v) is 17.8. The van der Waals surface area contributed by atoms with E-state index in [1.54, 1.807) is 11.3 Å². The number of para-hydroxylation sites is 2. The van der Waals surface area contributed by atoms with E-state index in [4.69, 9.17) is 9.97 Å². The third-order valence-corrected chi connectivity index (χ3v) is 6.34. The van der Waals surface area contributed by atoms with Gasteiger partial charge in [0.25, 0.3) is 0 Å². The fourth-order valence-electron chi connectivity index (χ4n) is 4.09. The number of nitrogens with zero attached hydrogens (tertiary/aromatic N) is 6. The molecular formula is C22H22N8S. The zero-order chi connectivity index (χ0) is 20.6. The van der Waals surface area contributed by atoms with E-state index in [0.29, 0.717) is 6.54 Å². The van der Waals surface area contributed by atoms with E-state index in [9.17, 15) is 0 Å². The molecule has 1 fully saturated rings. The van der Waals surface area contributed by atoms with Gasteiger partial charge in [-0.15, -0.1) is 0 Å². The summed E-state index contributed by atoms with van der Waals surface area (Å²) in [5.41, 5.74) is 4.65. The topological polar surface area (TPSA) is 87.5 Å². The van der Waals surface area contributed by atoms with E-state index in [1.807, 2.05) is 35.2 Å². The van der Waals surface area contributed by atoms with Gasteiger partial charge in [-0.3, -0.25) is 4.57 Å². The van der Waals surface area contributed by atoms with Crippen molar-refractivity contribution in [3.05, 3.63) is 53.2 Å². The van der Waals surface area contributed by atoms with Gasteiger partial charge in [0.15, 0.2) is 17.0 Å². The van der Waals surface area contributed by atoms with Crippen LogP contribution >= 0.6 is 11.3 Å². The van der Waals surface area contributed by atoms with E-state index in [2.05, 4.69) is 42.0 Å². The van der Waals surface area contributed by atoms with Crippen LogP contribution in [0.15, 0.2) is 47.4 Å². The van der Waals surface area contributed by atoms with Crippen LogP contribution in [0.25, 0.3) is 27.9 Å². The monoisotopic (exact) mass is 430 g/mol. The summed E-state index contributed by atoms with van der Waals surface area (Å²) in [6.45, 7) is 2.51. The van der Waals surface area contributed by atoms with Crippen molar-refractivity contribution in [1.29, 1.82) is 0 Å². The number of H-pyrrole nitrogens is 1. The normalized spacial score (nSPS) is 14.5. The highest BCUT2D eigenvalue weighted by molar-refractivity contribution is 7.08. The summed E-state index contributed by atoms with van der Waals surface area (Å²) >= 11 is 1.66. The molecular weight excluding hydrogens is 408 g/mol. The Morgan fingerprint density at radius 3 is 2.77 bits per heavy atom. The van der Waals surface area contributed by atoms with Crippen LogP contribution in [-0.4, -0.2) is 42.6 Å². The summed E-state index contributed by atoms with van der Waals surface area (Å²) in [5.74, 6) is 2.36. The predicted molar refractivity (Wildman–Crippen MR) is 124 cm³/mol. The second-order valence-corrected chi connectivity index (χ2v) is 8.52. The highest BCUT2D eigenvalue weighted by Gasteiger charge is 2.20. The van der Waals surface area contributed by atoms with E-state index >= 15 is 0 Å². The smallest absolute Gasteiger partial charge is 0.229 e. The lowest BCUT2D eigenvalue weighted by Gasteiger charge is -2.27. The number of piperidine rings is 1. The summed E-state index contributed by atoms with van der Waals surface area (Å²) in [5, 5.41) is 7.62. The van der Waals surface area contributed by atoms with Crippen LogP contribution in [0.3, 0.4) is 0 Å². The highest BCUT2D eigenvalue weighted by atomic mass is 32.1. The van der Waals surface area contributed by atoms with Gasteiger partial charge in [0.2, 0.25) is 5.95 Å². The van der Waals surface area contributed by atoms with Crippen LogP contribution in [0.4, 0.5) is 11.8 Å². The molecule has 0 radical (unpaired) electrons. The molecule has 5 aromatic rings. The molecule has 1 saturated heterocycles. The zero-order valence-electron chi connectivity index (χ0n) is 17.0. The number of rotatable bonds is 5. The van der Waals surface area contributed by atoms with Gasteiger partial charge in [0.1, 0.15) is 12.2 Å². The minimum atomic E-state index is 0.533. The Balaban J connectivity index is 1.39. The van der Waals surface area contributed by atoms with Crippen LogP contribution in [0.2, 0.25) is 0 Å². The molecule has 0 aliphatic carbocycles. The van der Waals surface area contributed by atoms with E-state index in [1.165, 1.54) is 19.3 Å². The molecule has 8 nitrogen and oxygen atoms in total. The van der Waals surface area contributed by atoms with Crippen molar-refractivity contribution in [2.45, 2.75) is 25.8 Å². The number of hydrogen-bond donors (Lipinski definition) is 2. The molecule has 1 aromatic carbocycles. The Bertz CT molecular complexity index is 1300. The summed E-state index contributed by atoms with van der Waals surface area (Å²) in [4.78, 5) is 24.8. The van der Waals surface area contributed by atoms with Gasteiger partial charge in [-0.2, -0.15) is 21.3 Å². The SMILES string of the molecule is c1ccc2[nH]c(CNc3nc(N4CCCCC4)nc4c3ncn4-c3ccsc3)nc2c1. The molecule has 2 N–H and O–H groups in total. The molecule has 1 aliphatic heterocycles. The van der Waals surface area contributed by atoms with E-state index in [0.717, 1.165) is 58.6 Å². The van der Waals surface area contributed by atoms with Gasteiger partial charge < -0.3 is 15.2 Å². The minimum Gasteiger partial charge on any atom is -0.361 e. The third kappa shape index (κ3) is 3.40. The number of nitrogens with one attached hydrogen (secondary N) is 2. The van der Waals surface area contributed by atoms with Crippen molar-refractivity contribution in [3.63, 3.8) is 0 Å². The van der Waals surface area contributed by atoms with Crippen molar-refractivity contribution in [3.8, 4) is 5.69 Å². The molecule has 0 unspecified atom stereocenters. The molecule has 0 atom stereocenters. The lowest BCUT2D eigenvalue weighted by Crippen LogP contribution is -2.31. The van der Waals surface area contributed by atoms with Crippen molar-refractivity contribution in [1.82, 2.24) is 29.5 Å². The molecule has 5 heterocycles. The number of imidazole rings is 2. The number of thiophene rings is 1. The van der Waals surface area contributed by atoms with Crippen LogP contribution in [0, 0.1) is 0 Å². The van der Waals surface area contributed by atoms with Crippen LogP contribution < -0.4 is 10.2 Å². The average molecular weight is 431 g/mol. The third-order valence-electron chi connectivity index (χ3n) is 5.67. The van der Waals surface area contributed by atoms with Crippen molar-refractivity contribution >= 4 is 45.3 Å². The van der Waals surface area contributed by atoms with Gasteiger partial charge in [0, 0.05) is 18.5 Å². The van der Waals surface area contributed by atoms with Gasteiger partial charge in [-0.1, -0.05) is 12.1 Å². The van der Waals surface area contributed by atoms with Crippen LogP contribution in [0.5, 0.6) is 0 Å². The first-order valence-corrected chi connectivity index (χ1v) is 11.5. The minimum absolute atomic E-state index is 0.533. The van der Waals surface area contributed by atoms with Crippen molar-refractivity contribution in [2.75, 3.05) is 23.3 Å². The molecule has 31 heavy (non-hydrogen) atoms. The lowest BCUT2D eigenvalue weighted by atomic mass is 10.1. The largest absolute Gasteiger partial charge is 0.361 e. The van der Waals surface area contributed by atoms with Gasteiger partial charge in [-0.25, -0.2) is 9.97 Å². The van der Waals surface area contributed by atoms with Gasteiger partial charge in [0.05, 0.1) is 23.3 Å². The number of fused-ring (bicyclic) bond motifs is 2. The number of aromatic nitrogens is 6. The Hall–Kier alpha value is -3.46. The Labute approximate surface area is 183 Å². The van der Waals surface area contributed by atoms with Crippen molar-refractivity contribution in [2.24, 2.45) is 0 Å². The molecule has 0 bridgehead atoms. The second kappa shape index (κ2) is 7.66. The highest BCUT2D eigenvalue weighted by Crippen LogP contribution is 2.27. The van der Waals surface area contributed by atoms with Gasteiger partial charge in [-0.05, 0) is 42.8 Å². The summed E-state index contributed by atoms with van der Waals surface area (Å²) in [7, 11) is 0. The Morgan fingerprint density at radius 2 is 1.94 bits per heavy atom. The summed E-state index contributed by atoms with van der Waals surface area (Å²) in [6, 6.07) is 10.1. The maximum atomic E-state index is 4.92. The Morgan fingerprint density at radius 1 is 1.03 bits per heavy atom. The van der Waals surface area contributed by atoms with Crippen molar-refractivity contribution < 1.29 is 0 Å². The summed E-state index contributed by atoms with van der Waals surface area (Å²) in [6.07, 6.45) is 5.44.